The molecule has 2 heterocycles. The number of rotatable bonds is 7. The third-order valence-corrected chi connectivity index (χ3v) is 5.37. The molecule has 0 fully saturated rings. The van der Waals surface area contributed by atoms with Crippen LogP contribution in [0.5, 0.6) is 5.75 Å². The van der Waals surface area contributed by atoms with Gasteiger partial charge in [-0.15, -0.1) is 10.2 Å². The largest absolute Gasteiger partial charge is 0.495 e. The van der Waals surface area contributed by atoms with Crippen molar-refractivity contribution in [3.63, 3.8) is 0 Å². The predicted octanol–water partition coefficient (Wildman–Crippen LogP) is 4.16. The lowest BCUT2D eigenvalue weighted by Crippen LogP contribution is -2.26. The second-order valence-electron chi connectivity index (χ2n) is 7.47. The minimum Gasteiger partial charge on any atom is -0.495 e. The average Bonchev–Trinajstić information content (AvgIpc) is 2.76. The molecule has 2 aromatic carbocycles. The molecule has 1 aliphatic heterocycles. The van der Waals surface area contributed by atoms with Crippen LogP contribution in [0, 0.1) is 0 Å². The number of nitrogens with one attached hydrogen (secondary N) is 2. The number of anilines is 4. The molecule has 0 spiro atoms. The van der Waals surface area contributed by atoms with E-state index in [0.717, 1.165) is 42.2 Å². The lowest BCUT2D eigenvalue weighted by atomic mass is 9.99. The van der Waals surface area contributed by atoms with Crippen molar-refractivity contribution in [1.82, 2.24) is 20.1 Å². The number of aromatic nitrogens is 3. The molecule has 31 heavy (non-hydrogen) atoms. The summed E-state index contributed by atoms with van der Waals surface area (Å²) in [6, 6.07) is 12.0. The third kappa shape index (κ3) is 5.04. The van der Waals surface area contributed by atoms with Crippen LogP contribution < -0.4 is 15.4 Å². The third-order valence-electron chi connectivity index (χ3n) is 5.12. The second-order valence-corrected chi connectivity index (χ2v) is 7.83. The van der Waals surface area contributed by atoms with Crippen LogP contribution in [0.4, 0.5) is 23.1 Å². The Balaban J connectivity index is 1.59. The molecular formula is C22H25ClN6O2. The van der Waals surface area contributed by atoms with Crippen molar-refractivity contribution >= 4 is 34.7 Å². The Kier molecular flexibility index (Phi) is 6.50. The summed E-state index contributed by atoms with van der Waals surface area (Å²) in [5, 5.41) is 14.7. The summed E-state index contributed by atoms with van der Waals surface area (Å²) in [4.78, 5) is 6.81. The first-order chi connectivity index (χ1) is 15.1. The number of nitrogens with zero attached hydrogens (tertiary/aromatic N) is 4. The highest BCUT2D eigenvalue weighted by atomic mass is 35.5. The maximum atomic E-state index is 6.24. The molecule has 8 nitrogen and oxygen atoms in total. The van der Waals surface area contributed by atoms with Crippen molar-refractivity contribution < 1.29 is 9.47 Å². The Morgan fingerprint density at radius 1 is 1.10 bits per heavy atom. The van der Waals surface area contributed by atoms with Gasteiger partial charge in [-0.25, -0.2) is 0 Å². The number of halogens is 1. The van der Waals surface area contributed by atoms with E-state index in [0.29, 0.717) is 18.4 Å². The van der Waals surface area contributed by atoms with Crippen molar-refractivity contribution in [2.45, 2.75) is 19.6 Å². The molecular weight excluding hydrogens is 416 g/mol. The van der Waals surface area contributed by atoms with Gasteiger partial charge in [0.05, 0.1) is 19.4 Å². The summed E-state index contributed by atoms with van der Waals surface area (Å²) >= 11 is 6.24. The lowest BCUT2D eigenvalue weighted by Gasteiger charge is -2.26. The van der Waals surface area contributed by atoms with Crippen molar-refractivity contribution in [1.29, 1.82) is 0 Å². The fraction of sp³-hybridized carbons (Fsp3) is 0.318. The SMILES string of the molecule is COCc1cccc(Nc2nc(Nc3cc4c(cc3OC)CCN(C)C4)nnc2Cl)c1. The van der Waals surface area contributed by atoms with Gasteiger partial charge in [-0.1, -0.05) is 23.7 Å². The maximum Gasteiger partial charge on any atom is 0.249 e. The van der Waals surface area contributed by atoms with E-state index >= 15 is 0 Å². The van der Waals surface area contributed by atoms with E-state index in [9.17, 15) is 0 Å². The zero-order chi connectivity index (χ0) is 21.8. The fourth-order valence-corrected chi connectivity index (χ4v) is 3.73. The molecule has 9 heteroatoms. The summed E-state index contributed by atoms with van der Waals surface area (Å²) in [6.07, 6.45) is 0.998. The van der Waals surface area contributed by atoms with Crippen LogP contribution in [0.15, 0.2) is 36.4 Å². The van der Waals surface area contributed by atoms with Gasteiger partial charge in [0.1, 0.15) is 5.75 Å². The molecule has 0 radical (unpaired) electrons. The van der Waals surface area contributed by atoms with Crippen LogP contribution in [0.2, 0.25) is 5.15 Å². The summed E-state index contributed by atoms with van der Waals surface area (Å²) < 4.78 is 10.8. The van der Waals surface area contributed by atoms with Gasteiger partial charge in [-0.05, 0) is 54.4 Å². The first-order valence-electron chi connectivity index (χ1n) is 9.96. The Hall–Kier alpha value is -2.94. The van der Waals surface area contributed by atoms with Crippen LogP contribution in [0.3, 0.4) is 0 Å². The highest BCUT2D eigenvalue weighted by Crippen LogP contribution is 2.33. The van der Waals surface area contributed by atoms with E-state index in [-0.39, 0.29) is 5.15 Å². The van der Waals surface area contributed by atoms with E-state index in [2.05, 4.69) is 49.9 Å². The quantitative estimate of drug-likeness (QED) is 0.566. The first kappa shape index (κ1) is 21.3. The fourth-order valence-electron chi connectivity index (χ4n) is 3.60. The van der Waals surface area contributed by atoms with Crippen LogP contribution in [-0.2, 0) is 24.3 Å². The molecule has 0 bridgehead atoms. The minimum absolute atomic E-state index is 0.182. The Bertz CT molecular complexity index is 1080. The van der Waals surface area contributed by atoms with Gasteiger partial charge >= 0.3 is 0 Å². The number of likely N-dealkylation sites (N-methyl/N-ethyl adjacent to an activating group) is 1. The number of methoxy groups -OCH3 is 2. The molecule has 3 aromatic rings. The molecule has 4 rings (SSSR count). The normalized spacial score (nSPS) is 13.5. The molecule has 1 aromatic heterocycles. The molecule has 0 saturated heterocycles. The van der Waals surface area contributed by atoms with E-state index in [1.165, 1.54) is 11.1 Å². The van der Waals surface area contributed by atoms with Gasteiger partial charge in [0.2, 0.25) is 5.95 Å². The standard InChI is InChI=1S/C22H25ClN6O2/c1-29-8-7-15-11-19(31-3)18(10-16(15)12-29)25-22-26-21(20(23)27-28-22)24-17-6-4-5-14(9-17)13-30-2/h4-6,9-11H,7-8,12-13H2,1-3H3,(H2,24,25,26,28). The van der Waals surface area contributed by atoms with Gasteiger partial charge < -0.3 is 25.0 Å². The monoisotopic (exact) mass is 440 g/mol. The highest BCUT2D eigenvalue weighted by molar-refractivity contribution is 6.31. The van der Waals surface area contributed by atoms with Gasteiger partial charge in [0.25, 0.3) is 0 Å². The number of hydrogen-bond donors (Lipinski definition) is 2. The van der Waals surface area contributed by atoms with Crippen molar-refractivity contribution in [3.05, 3.63) is 58.2 Å². The second kappa shape index (κ2) is 9.47. The van der Waals surface area contributed by atoms with Gasteiger partial charge in [0.15, 0.2) is 11.0 Å². The van der Waals surface area contributed by atoms with E-state index in [1.807, 2.05) is 24.3 Å². The lowest BCUT2D eigenvalue weighted by molar-refractivity contribution is 0.185. The summed E-state index contributed by atoms with van der Waals surface area (Å²) in [5.41, 5.74) is 5.21. The number of hydrogen-bond acceptors (Lipinski definition) is 8. The topological polar surface area (TPSA) is 84.4 Å². The Labute approximate surface area is 186 Å². The van der Waals surface area contributed by atoms with Crippen LogP contribution in [0.25, 0.3) is 0 Å². The van der Waals surface area contributed by atoms with Gasteiger partial charge in [-0.3, -0.25) is 0 Å². The van der Waals surface area contributed by atoms with Crippen molar-refractivity contribution in [2.75, 3.05) is 38.4 Å². The van der Waals surface area contributed by atoms with E-state index in [4.69, 9.17) is 21.1 Å². The van der Waals surface area contributed by atoms with Crippen LogP contribution in [-0.4, -0.2) is 47.9 Å². The smallest absolute Gasteiger partial charge is 0.249 e. The average molecular weight is 441 g/mol. The first-order valence-corrected chi connectivity index (χ1v) is 10.3. The van der Waals surface area contributed by atoms with Gasteiger partial charge in [0, 0.05) is 25.9 Å². The molecule has 0 atom stereocenters. The predicted molar refractivity (Wildman–Crippen MR) is 122 cm³/mol. The maximum absolute atomic E-state index is 6.24. The van der Waals surface area contributed by atoms with Crippen molar-refractivity contribution in [3.8, 4) is 5.75 Å². The minimum atomic E-state index is 0.182. The number of ether oxygens (including phenoxy) is 2. The van der Waals surface area contributed by atoms with E-state index < -0.39 is 0 Å². The van der Waals surface area contributed by atoms with Crippen LogP contribution >= 0.6 is 11.6 Å². The molecule has 2 N–H and O–H groups in total. The molecule has 162 valence electrons. The molecule has 0 saturated carbocycles. The molecule has 1 aliphatic rings. The zero-order valence-electron chi connectivity index (χ0n) is 17.8. The molecule has 0 unspecified atom stereocenters. The van der Waals surface area contributed by atoms with Crippen molar-refractivity contribution in [2.24, 2.45) is 0 Å². The van der Waals surface area contributed by atoms with Crippen LogP contribution in [0.1, 0.15) is 16.7 Å². The summed E-state index contributed by atoms with van der Waals surface area (Å²) in [7, 11) is 5.44. The summed E-state index contributed by atoms with van der Waals surface area (Å²) in [6.45, 7) is 2.44. The molecule has 0 amide bonds. The van der Waals surface area contributed by atoms with Gasteiger partial charge in [-0.2, -0.15) is 4.98 Å². The Morgan fingerprint density at radius 2 is 1.97 bits per heavy atom. The molecule has 0 aliphatic carbocycles. The number of benzene rings is 2. The number of fused-ring (bicyclic) bond motifs is 1. The Morgan fingerprint density at radius 3 is 2.77 bits per heavy atom. The zero-order valence-corrected chi connectivity index (χ0v) is 18.5. The summed E-state index contributed by atoms with van der Waals surface area (Å²) in [5.74, 6) is 1.47. The van der Waals surface area contributed by atoms with E-state index in [1.54, 1.807) is 14.2 Å². The highest BCUT2D eigenvalue weighted by Gasteiger charge is 2.18.